The van der Waals surface area contributed by atoms with Crippen molar-refractivity contribution in [2.75, 3.05) is 0 Å². The maximum absolute atomic E-state index is 12.6. The van der Waals surface area contributed by atoms with Crippen molar-refractivity contribution >= 4 is 0 Å². The maximum atomic E-state index is 12.6. The molecule has 0 amide bonds. The Bertz CT molecular complexity index is 687. The molecule has 1 aliphatic carbocycles. The van der Waals surface area contributed by atoms with Crippen LogP contribution in [-0.4, -0.2) is 5.11 Å². The first-order valence-electron chi connectivity index (χ1n) is 7.38. The molecule has 0 saturated heterocycles. The van der Waals surface area contributed by atoms with Gasteiger partial charge in [-0.15, -0.1) is 0 Å². The van der Waals surface area contributed by atoms with E-state index in [0.29, 0.717) is 0 Å². The first kappa shape index (κ1) is 14.9. The molecule has 1 nitrogen and oxygen atoms in total. The molecule has 0 fully saturated rings. The fraction of sp³-hybridized carbons (Fsp3) is 0.333. The normalized spacial score (nSPS) is 15.6. The molecule has 0 heterocycles. The Hall–Kier alpha value is -1.97. The molecule has 1 aliphatic rings. The average Bonchev–Trinajstić information content (AvgIpc) is 2.92. The van der Waals surface area contributed by atoms with Crippen LogP contribution in [0.1, 0.15) is 47.1 Å². The number of rotatable bonds is 2. The summed E-state index contributed by atoms with van der Waals surface area (Å²) in [5.41, 5.74) is 3.32. The molecule has 0 bridgehead atoms. The highest BCUT2D eigenvalue weighted by Gasteiger charge is 2.30. The Labute approximate surface area is 127 Å². The molecule has 0 aliphatic heterocycles. The SMILES string of the molecule is CC(c1ccc(C(F)(F)F)cc1)c1cc2c(cc1O)CCC2. The van der Waals surface area contributed by atoms with Crippen LogP contribution in [0, 0.1) is 0 Å². The Morgan fingerprint density at radius 3 is 2.18 bits per heavy atom. The molecule has 1 atom stereocenters. The van der Waals surface area contributed by atoms with Crippen molar-refractivity contribution in [3.05, 3.63) is 64.2 Å². The van der Waals surface area contributed by atoms with Gasteiger partial charge in [-0.25, -0.2) is 0 Å². The van der Waals surface area contributed by atoms with E-state index in [0.717, 1.165) is 42.5 Å². The van der Waals surface area contributed by atoms with Gasteiger partial charge in [0.1, 0.15) is 5.75 Å². The predicted octanol–water partition coefficient (Wildman–Crippen LogP) is 5.05. The van der Waals surface area contributed by atoms with Crippen LogP contribution in [0.25, 0.3) is 0 Å². The van der Waals surface area contributed by atoms with Crippen molar-refractivity contribution in [1.82, 2.24) is 0 Å². The number of aromatic hydroxyl groups is 1. The van der Waals surface area contributed by atoms with Crippen LogP contribution in [-0.2, 0) is 19.0 Å². The van der Waals surface area contributed by atoms with Crippen LogP contribution in [0.15, 0.2) is 36.4 Å². The van der Waals surface area contributed by atoms with Crippen molar-refractivity contribution in [1.29, 1.82) is 0 Å². The monoisotopic (exact) mass is 306 g/mol. The highest BCUT2D eigenvalue weighted by atomic mass is 19.4. The fourth-order valence-electron chi connectivity index (χ4n) is 3.12. The van der Waals surface area contributed by atoms with Crippen LogP contribution in [0.5, 0.6) is 5.75 Å². The standard InChI is InChI=1S/C18H17F3O/c1-11(12-5-7-15(8-6-12)18(19,20)21)16-9-13-3-2-4-14(13)10-17(16)22/h5-11,22H,2-4H2,1H3. The van der Waals surface area contributed by atoms with Gasteiger partial charge in [-0.1, -0.05) is 25.1 Å². The summed E-state index contributed by atoms with van der Waals surface area (Å²) in [6, 6.07) is 8.96. The van der Waals surface area contributed by atoms with Crippen LogP contribution in [0.2, 0.25) is 0 Å². The van der Waals surface area contributed by atoms with Crippen LogP contribution < -0.4 is 0 Å². The van der Waals surface area contributed by atoms with Gasteiger partial charge in [-0.3, -0.25) is 0 Å². The van der Waals surface area contributed by atoms with E-state index in [1.807, 2.05) is 13.0 Å². The molecule has 1 unspecified atom stereocenters. The number of halogens is 3. The zero-order chi connectivity index (χ0) is 15.9. The van der Waals surface area contributed by atoms with Crippen molar-refractivity contribution in [3.8, 4) is 5.75 Å². The van der Waals surface area contributed by atoms with Gasteiger partial charge in [0.25, 0.3) is 0 Å². The van der Waals surface area contributed by atoms with Gasteiger partial charge in [0.05, 0.1) is 5.56 Å². The maximum Gasteiger partial charge on any atom is 0.416 e. The highest BCUT2D eigenvalue weighted by molar-refractivity contribution is 5.48. The van der Waals surface area contributed by atoms with Crippen molar-refractivity contribution in [2.45, 2.75) is 38.3 Å². The minimum Gasteiger partial charge on any atom is -0.508 e. The lowest BCUT2D eigenvalue weighted by Gasteiger charge is -2.17. The fourth-order valence-corrected chi connectivity index (χ4v) is 3.12. The summed E-state index contributed by atoms with van der Waals surface area (Å²) in [4.78, 5) is 0. The Balaban J connectivity index is 1.92. The molecule has 4 heteroatoms. The van der Waals surface area contributed by atoms with E-state index in [1.54, 1.807) is 6.07 Å². The number of phenolic OH excluding ortho intramolecular Hbond substituents is 1. The molecule has 0 spiro atoms. The van der Waals surface area contributed by atoms with Crippen LogP contribution in [0.3, 0.4) is 0 Å². The number of benzene rings is 2. The minimum absolute atomic E-state index is 0.145. The van der Waals surface area contributed by atoms with E-state index in [4.69, 9.17) is 0 Å². The largest absolute Gasteiger partial charge is 0.508 e. The molecule has 2 aromatic carbocycles. The number of alkyl halides is 3. The number of hydrogen-bond donors (Lipinski definition) is 1. The van der Waals surface area contributed by atoms with Crippen molar-refractivity contribution in [2.24, 2.45) is 0 Å². The summed E-state index contributed by atoms with van der Waals surface area (Å²) >= 11 is 0. The predicted molar refractivity (Wildman–Crippen MR) is 79.1 cm³/mol. The van der Waals surface area contributed by atoms with E-state index in [2.05, 4.69) is 0 Å². The van der Waals surface area contributed by atoms with E-state index in [-0.39, 0.29) is 11.7 Å². The van der Waals surface area contributed by atoms with Gasteiger partial charge < -0.3 is 5.11 Å². The van der Waals surface area contributed by atoms with Crippen LogP contribution >= 0.6 is 0 Å². The van der Waals surface area contributed by atoms with E-state index in [9.17, 15) is 18.3 Å². The molecule has 22 heavy (non-hydrogen) atoms. The van der Waals surface area contributed by atoms with Crippen molar-refractivity contribution < 1.29 is 18.3 Å². The second-order valence-corrected chi connectivity index (χ2v) is 5.87. The van der Waals surface area contributed by atoms with Gasteiger partial charge in [0.2, 0.25) is 0 Å². The lowest BCUT2D eigenvalue weighted by Crippen LogP contribution is -2.05. The highest BCUT2D eigenvalue weighted by Crippen LogP contribution is 2.37. The summed E-state index contributed by atoms with van der Waals surface area (Å²) in [5, 5.41) is 10.2. The molecule has 0 aromatic heterocycles. The molecule has 0 saturated carbocycles. The van der Waals surface area contributed by atoms with E-state index >= 15 is 0 Å². The number of hydrogen-bond acceptors (Lipinski definition) is 1. The summed E-state index contributed by atoms with van der Waals surface area (Å²) in [7, 11) is 0. The average molecular weight is 306 g/mol. The minimum atomic E-state index is -4.32. The third-order valence-electron chi connectivity index (χ3n) is 4.45. The smallest absolute Gasteiger partial charge is 0.416 e. The first-order valence-corrected chi connectivity index (χ1v) is 7.38. The molecule has 116 valence electrons. The third kappa shape index (κ3) is 2.70. The van der Waals surface area contributed by atoms with Gasteiger partial charge in [-0.05, 0) is 54.2 Å². The Morgan fingerprint density at radius 2 is 1.59 bits per heavy atom. The molecular formula is C18H17F3O. The van der Waals surface area contributed by atoms with Gasteiger partial charge in [-0.2, -0.15) is 13.2 Å². The summed E-state index contributed by atoms with van der Waals surface area (Å²) in [5.74, 6) is 0.0845. The Morgan fingerprint density at radius 1 is 1.00 bits per heavy atom. The molecule has 0 radical (unpaired) electrons. The molecular weight excluding hydrogens is 289 g/mol. The van der Waals surface area contributed by atoms with E-state index in [1.165, 1.54) is 23.3 Å². The molecule has 2 aromatic rings. The van der Waals surface area contributed by atoms with Gasteiger partial charge in [0.15, 0.2) is 0 Å². The second-order valence-electron chi connectivity index (χ2n) is 5.87. The Kier molecular flexibility index (Phi) is 3.63. The van der Waals surface area contributed by atoms with Crippen molar-refractivity contribution in [3.63, 3.8) is 0 Å². The zero-order valence-corrected chi connectivity index (χ0v) is 12.2. The summed E-state index contributed by atoms with van der Waals surface area (Å²) in [6.45, 7) is 1.90. The first-order chi connectivity index (χ1) is 10.4. The van der Waals surface area contributed by atoms with Gasteiger partial charge in [0, 0.05) is 11.5 Å². The van der Waals surface area contributed by atoms with Crippen LogP contribution in [0.4, 0.5) is 13.2 Å². The molecule has 1 N–H and O–H groups in total. The summed E-state index contributed by atoms with van der Waals surface area (Å²) < 4.78 is 37.9. The lowest BCUT2D eigenvalue weighted by molar-refractivity contribution is -0.137. The second kappa shape index (κ2) is 5.34. The number of fused-ring (bicyclic) bond motifs is 1. The van der Waals surface area contributed by atoms with E-state index < -0.39 is 11.7 Å². The third-order valence-corrected chi connectivity index (χ3v) is 4.45. The lowest BCUT2D eigenvalue weighted by atomic mass is 9.90. The quantitative estimate of drug-likeness (QED) is 0.823. The number of phenols is 1. The number of aryl methyl sites for hydroxylation is 2. The molecule has 3 rings (SSSR count). The van der Waals surface area contributed by atoms with Gasteiger partial charge >= 0.3 is 6.18 Å². The zero-order valence-electron chi connectivity index (χ0n) is 12.2. The topological polar surface area (TPSA) is 20.2 Å². The summed E-state index contributed by atoms with van der Waals surface area (Å²) in [6.07, 6.45) is -1.25.